The quantitative estimate of drug-likeness (QED) is 0.516. The summed E-state index contributed by atoms with van der Waals surface area (Å²) in [7, 11) is -3.79. The first-order valence-electron chi connectivity index (χ1n) is 10.5. The van der Waals surface area contributed by atoms with Crippen LogP contribution in [-0.2, 0) is 27.0 Å². The monoisotopic (exact) mass is 511 g/mol. The van der Waals surface area contributed by atoms with E-state index in [0.29, 0.717) is 59.3 Å². The average molecular weight is 512 g/mol. The molecular formula is C22H26ClN3O5S2. The van der Waals surface area contributed by atoms with Crippen LogP contribution in [-0.4, -0.2) is 49.7 Å². The highest BCUT2D eigenvalue weighted by molar-refractivity contribution is 7.98. The molecule has 3 rings (SSSR count). The van der Waals surface area contributed by atoms with E-state index < -0.39 is 27.8 Å². The fourth-order valence-electron chi connectivity index (χ4n) is 3.90. The number of aromatic carboxylic acids is 1. The van der Waals surface area contributed by atoms with E-state index in [9.17, 15) is 23.1 Å². The number of nitrogens with zero attached hydrogens (tertiary/aromatic N) is 2. The molecule has 2 aromatic rings. The largest absolute Gasteiger partial charge is 0.478 e. The number of carboxylic acids is 1. The van der Waals surface area contributed by atoms with E-state index in [2.05, 4.69) is 9.71 Å². The van der Waals surface area contributed by atoms with Gasteiger partial charge in [-0.15, -0.1) is 11.8 Å². The van der Waals surface area contributed by atoms with Crippen LogP contribution >= 0.6 is 23.4 Å². The van der Waals surface area contributed by atoms with Gasteiger partial charge in [-0.3, -0.25) is 9.52 Å². The van der Waals surface area contributed by atoms with Crippen LogP contribution in [0.25, 0.3) is 0 Å². The van der Waals surface area contributed by atoms with Crippen molar-refractivity contribution in [2.24, 2.45) is 5.92 Å². The van der Waals surface area contributed by atoms with Crippen molar-refractivity contribution in [2.45, 2.75) is 37.0 Å². The number of pyridine rings is 1. The van der Waals surface area contributed by atoms with Gasteiger partial charge in [0.2, 0.25) is 15.9 Å². The normalized spacial score (nSPS) is 14.8. The predicted octanol–water partition coefficient (Wildman–Crippen LogP) is 3.58. The standard InChI is InChI=1S/C22H26ClN3O5S2/c1-3-16-17(22(28)29)21(32-2)24-19(18(16)23)26-11-9-15(10-12-26)20(27)25-33(30,31)13-14-7-5-4-6-8-14/h4-8,15H,3,9-13H2,1-2H3,(H,25,27)(H,28,29). The van der Waals surface area contributed by atoms with Gasteiger partial charge in [-0.2, -0.15) is 0 Å². The number of hydrogen-bond acceptors (Lipinski definition) is 7. The van der Waals surface area contributed by atoms with Gasteiger partial charge in [0.15, 0.2) is 0 Å². The smallest absolute Gasteiger partial charge is 0.338 e. The van der Waals surface area contributed by atoms with Crippen molar-refractivity contribution >= 4 is 51.1 Å². The number of sulfonamides is 1. The Morgan fingerprint density at radius 1 is 1.24 bits per heavy atom. The van der Waals surface area contributed by atoms with Gasteiger partial charge >= 0.3 is 5.97 Å². The number of benzene rings is 1. The van der Waals surface area contributed by atoms with Crippen molar-refractivity contribution in [1.29, 1.82) is 0 Å². The summed E-state index contributed by atoms with van der Waals surface area (Å²) in [6.07, 6.45) is 3.07. The van der Waals surface area contributed by atoms with Gasteiger partial charge in [0.05, 0.1) is 16.3 Å². The Labute approximate surface area is 202 Å². The Hall–Kier alpha value is -2.30. The fourth-order valence-corrected chi connectivity index (χ4v) is 6.06. The van der Waals surface area contributed by atoms with Gasteiger partial charge in [0.1, 0.15) is 10.8 Å². The first-order valence-corrected chi connectivity index (χ1v) is 13.7. The van der Waals surface area contributed by atoms with Crippen molar-refractivity contribution in [3.05, 3.63) is 52.0 Å². The Bertz CT molecular complexity index is 1130. The van der Waals surface area contributed by atoms with E-state index in [-0.39, 0.29) is 11.3 Å². The van der Waals surface area contributed by atoms with Crippen LogP contribution in [0.5, 0.6) is 0 Å². The molecule has 0 aliphatic carbocycles. The van der Waals surface area contributed by atoms with Gasteiger partial charge in [-0.05, 0) is 36.6 Å². The summed E-state index contributed by atoms with van der Waals surface area (Å²) in [5, 5.41) is 10.3. The Morgan fingerprint density at radius 2 is 1.88 bits per heavy atom. The molecule has 0 saturated carbocycles. The number of piperidine rings is 1. The van der Waals surface area contributed by atoms with E-state index in [4.69, 9.17) is 11.6 Å². The molecule has 2 heterocycles. The van der Waals surface area contributed by atoms with Gasteiger partial charge in [-0.1, -0.05) is 48.9 Å². The zero-order chi connectivity index (χ0) is 24.2. The van der Waals surface area contributed by atoms with Crippen LogP contribution < -0.4 is 9.62 Å². The van der Waals surface area contributed by atoms with Crippen LogP contribution in [0.1, 0.15) is 41.3 Å². The molecule has 0 radical (unpaired) electrons. The average Bonchev–Trinajstić information content (AvgIpc) is 2.78. The van der Waals surface area contributed by atoms with E-state index >= 15 is 0 Å². The number of nitrogens with one attached hydrogen (secondary N) is 1. The Morgan fingerprint density at radius 3 is 2.42 bits per heavy atom. The van der Waals surface area contributed by atoms with Crippen molar-refractivity contribution in [2.75, 3.05) is 24.2 Å². The highest BCUT2D eigenvalue weighted by Gasteiger charge is 2.31. The number of carboxylic acid groups (broad SMARTS) is 1. The van der Waals surface area contributed by atoms with E-state index in [0.717, 1.165) is 0 Å². The molecule has 1 aromatic carbocycles. The lowest BCUT2D eigenvalue weighted by Gasteiger charge is -2.33. The van der Waals surface area contributed by atoms with Crippen LogP contribution in [0.2, 0.25) is 5.02 Å². The second kappa shape index (κ2) is 10.8. The lowest BCUT2D eigenvalue weighted by molar-refractivity contribution is -0.123. The molecule has 2 N–H and O–H groups in total. The highest BCUT2D eigenvalue weighted by Crippen LogP contribution is 2.36. The Kier molecular flexibility index (Phi) is 8.25. The lowest BCUT2D eigenvalue weighted by Crippen LogP contribution is -2.43. The maximum absolute atomic E-state index is 12.6. The van der Waals surface area contributed by atoms with Gasteiger partial charge < -0.3 is 10.0 Å². The summed E-state index contributed by atoms with van der Waals surface area (Å²) in [5.41, 5.74) is 1.26. The summed E-state index contributed by atoms with van der Waals surface area (Å²) in [5.74, 6) is -1.78. The number of hydrogen-bond donors (Lipinski definition) is 2. The molecule has 1 aliphatic rings. The highest BCUT2D eigenvalue weighted by atomic mass is 35.5. The molecule has 0 spiro atoms. The third-order valence-corrected chi connectivity index (χ3v) is 7.87. The van der Waals surface area contributed by atoms with Crippen LogP contribution in [0.15, 0.2) is 35.4 Å². The molecule has 1 amide bonds. The number of halogens is 1. The van der Waals surface area contributed by atoms with Gasteiger partial charge in [-0.25, -0.2) is 18.2 Å². The Balaban J connectivity index is 1.69. The fraction of sp³-hybridized carbons (Fsp3) is 0.409. The number of aromatic nitrogens is 1. The molecular weight excluding hydrogens is 486 g/mol. The van der Waals surface area contributed by atoms with Crippen LogP contribution in [0.4, 0.5) is 5.82 Å². The number of rotatable bonds is 8. The number of carbonyl (C=O) groups is 2. The maximum Gasteiger partial charge on any atom is 0.338 e. The molecule has 0 unspecified atom stereocenters. The summed E-state index contributed by atoms with van der Waals surface area (Å²) in [6, 6.07) is 8.68. The molecule has 11 heteroatoms. The van der Waals surface area contributed by atoms with E-state index in [1.54, 1.807) is 36.6 Å². The van der Waals surface area contributed by atoms with Gasteiger partial charge in [0.25, 0.3) is 0 Å². The van der Waals surface area contributed by atoms with Crippen molar-refractivity contribution in [1.82, 2.24) is 9.71 Å². The maximum atomic E-state index is 12.6. The third kappa shape index (κ3) is 5.99. The SMILES string of the molecule is CCc1c(Cl)c(N2CCC(C(=O)NS(=O)(=O)Cc3ccccc3)CC2)nc(SC)c1C(=O)O. The minimum Gasteiger partial charge on any atom is -0.478 e. The number of carbonyl (C=O) groups excluding carboxylic acids is 1. The number of amides is 1. The minimum absolute atomic E-state index is 0.122. The third-order valence-electron chi connectivity index (χ3n) is 5.57. The van der Waals surface area contributed by atoms with E-state index in [1.807, 2.05) is 11.8 Å². The first kappa shape index (κ1) is 25.3. The molecule has 178 valence electrons. The second-order valence-electron chi connectivity index (χ2n) is 7.74. The molecule has 1 aromatic heterocycles. The predicted molar refractivity (Wildman–Crippen MR) is 130 cm³/mol. The van der Waals surface area contributed by atoms with E-state index in [1.165, 1.54) is 11.8 Å². The zero-order valence-electron chi connectivity index (χ0n) is 18.4. The molecule has 33 heavy (non-hydrogen) atoms. The molecule has 1 aliphatic heterocycles. The van der Waals surface area contributed by atoms with Crippen molar-refractivity contribution in [3.8, 4) is 0 Å². The first-order chi connectivity index (χ1) is 15.7. The molecule has 8 nitrogen and oxygen atoms in total. The minimum atomic E-state index is -3.79. The van der Waals surface area contributed by atoms with Crippen molar-refractivity contribution in [3.63, 3.8) is 0 Å². The lowest BCUT2D eigenvalue weighted by atomic mass is 9.96. The number of thioether (sulfide) groups is 1. The van der Waals surface area contributed by atoms with Crippen molar-refractivity contribution < 1.29 is 23.1 Å². The van der Waals surface area contributed by atoms with Crippen LogP contribution in [0, 0.1) is 5.92 Å². The summed E-state index contributed by atoms with van der Waals surface area (Å²) >= 11 is 7.79. The molecule has 0 atom stereocenters. The molecule has 0 bridgehead atoms. The summed E-state index contributed by atoms with van der Waals surface area (Å²) < 4.78 is 27.0. The summed E-state index contributed by atoms with van der Waals surface area (Å²) in [6.45, 7) is 2.74. The number of anilines is 1. The summed E-state index contributed by atoms with van der Waals surface area (Å²) in [4.78, 5) is 30.8. The topological polar surface area (TPSA) is 117 Å². The van der Waals surface area contributed by atoms with Crippen LogP contribution in [0.3, 0.4) is 0 Å². The molecule has 1 saturated heterocycles. The zero-order valence-corrected chi connectivity index (χ0v) is 20.8. The molecule has 1 fully saturated rings. The van der Waals surface area contributed by atoms with Gasteiger partial charge in [0, 0.05) is 19.0 Å². The second-order valence-corrected chi connectivity index (χ2v) is 10.6.